The number of rotatable bonds is 6. The van der Waals surface area contributed by atoms with Crippen molar-refractivity contribution in [1.82, 2.24) is 10.2 Å². The number of hydrogen-bond acceptors (Lipinski definition) is 3. The van der Waals surface area contributed by atoms with Crippen molar-refractivity contribution in [2.75, 3.05) is 25.0 Å². The Bertz CT molecular complexity index is 784. The predicted octanol–water partition coefficient (Wildman–Crippen LogP) is 3.35. The van der Waals surface area contributed by atoms with Crippen molar-refractivity contribution in [2.24, 2.45) is 0 Å². The molecule has 1 heterocycles. The maximum Gasteiger partial charge on any atom is 0.253 e. The van der Waals surface area contributed by atoms with Crippen molar-refractivity contribution in [3.8, 4) is 0 Å². The Hall–Kier alpha value is -2.89. The lowest BCUT2D eigenvalue weighted by atomic mass is 10.1. The Morgan fingerprint density at radius 2 is 1.67 bits per heavy atom. The van der Waals surface area contributed by atoms with E-state index in [-0.39, 0.29) is 30.2 Å². The first-order valence-electron chi connectivity index (χ1n) is 9.21. The lowest BCUT2D eigenvalue weighted by Crippen LogP contribution is -2.32. The third-order valence-corrected chi connectivity index (χ3v) is 4.73. The number of amides is 2. The minimum Gasteiger partial charge on any atom is -0.376 e. The molecule has 2 aromatic carbocycles. The molecule has 1 saturated heterocycles. The average Bonchev–Trinajstić information content (AvgIpc) is 3.21. The topological polar surface area (TPSA) is 61.4 Å². The first kappa shape index (κ1) is 18.9. The van der Waals surface area contributed by atoms with Gasteiger partial charge in [-0.15, -0.1) is 0 Å². The van der Waals surface area contributed by atoms with Gasteiger partial charge in [0, 0.05) is 24.3 Å². The minimum absolute atomic E-state index is 0.0601. The van der Waals surface area contributed by atoms with Crippen molar-refractivity contribution >= 4 is 17.5 Å². The molecule has 2 N–H and O–H groups in total. The highest BCUT2D eigenvalue weighted by Crippen LogP contribution is 2.16. The zero-order valence-electron chi connectivity index (χ0n) is 15.4. The zero-order valence-corrected chi connectivity index (χ0v) is 15.4. The molecule has 142 valence electrons. The quantitative estimate of drug-likeness (QED) is 0.821. The number of likely N-dealkylation sites (tertiary alicyclic amines) is 1. The summed E-state index contributed by atoms with van der Waals surface area (Å²) in [6.07, 6.45) is 2.13. The molecule has 1 aliphatic rings. The molecule has 0 radical (unpaired) electrons. The third-order valence-electron chi connectivity index (χ3n) is 4.73. The molecule has 27 heavy (non-hydrogen) atoms. The van der Waals surface area contributed by atoms with E-state index in [1.165, 1.54) is 12.1 Å². The highest BCUT2D eigenvalue weighted by molar-refractivity contribution is 5.94. The molecule has 1 aliphatic heterocycles. The highest BCUT2D eigenvalue weighted by Gasteiger charge is 2.19. The molecule has 0 aliphatic carbocycles. The van der Waals surface area contributed by atoms with Crippen LogP contribution >= 0.6 is 0 Å². The van der Waals surface area contributed by atoms with Gasteiger partial charge in [-0.2, -0.15) is 0 Å². The Labute approximate surface area is 158 Å². The number of carbonyl (C=O) groups is 2. The lowest BCUT2D eigenvalue weighted by molar-refractivity contribution is -0.120. The van der Waals surface area contributed by atoms with Crippen LogP contribution in [-0.2, 0) is 4.79 Å². The van der Waals surface area contributed by atoms with E-state index in [2.05, 4.69) is 10.6 Å². The van der Waals surface area contributed by atoms with Gasteiger partial charge in [-0.05, 0) is 61.7 Å². The number of nitrogens with one attached hydrogen (secondary N) is 2. The maximum absolute atomic E-state index is 13.0. The number of halogens is 1. The number of hydrogen-bond donors (Lipinski definition) is 2. The molecule has 2 amide bonds. The maximum atomic E-state index is 13.0. The average molecular weight is 369 g/mol. The van der Waals surface area contributed by atoms with Gasteiger partial charge in [0.2, 0.25) is 5.91 Å². The lowest BCUT2D eigenvalue weighted by Gasteiger charge is -2.16. The summed E-state index contributed by atoms with van der Waals surface area (Å²) < 4.78 is 13.0. The van der Waals surface area contributed by atoms with Gasteiger partial charge in [-0.25, -0.2) is 4.39 Å². The molecule has 2 aromatic rings. The second-order valence-electron chi connectivity index (χ2n) is 6.77. The van der Waals surface area contributed by atoms with E-state index in [0.717, 1.165) is 37.2 Å². The number of nitrogens with zero attached hydrogens (tertiary/aromatic N) is 1. The van der Waals surface area contributed by atoms with Crippen LogP contribution in [0.15, 0.2) is 48.5 Å². The summed E-state index contributed by atoms with van der Waals surface area (Å²) in [5.74, 6) is -0.403. The Balaban J connectivity index is 1.48. The molecule has 5 nitrogen and oxygen atoms in total. The van der Waals surface area contributed by atoms with Crippen LogP contribution in [0, 0.1) is 5.82 Å². The predicted molar refractivity (Wildman–Crippen MR) is 103 cm³/mol. The van der Waals surface area contributed by atoms with Crippen molar-refractivity contribution in [3.63, 3.8) is 0 Å². The Kier molecular flexibility index (Phi) is 6.06. The summed E-state index contributed by atoms with van der Waals surface area (Å²) >= 11 is 0. The second kappa shape index (κ2) is 8.66. The molecule has 1 fully saturated rings. The van der Waals surface area contributed by atoms with Gasteiger partial charge in [-0.3, -0.25) is 9.59 Å². The van der Waals surface area contributed by atoms with E-state index < -0.39 is 0 Å². The van der Waals surface area contributed by atoms with E-state index in [0.29, 0.717) is 5.56 Å². The number of anilines is 1. The van der Waals surface area contributed by atoms with E-state index in [4.69, 9.17) is 0 Å². The van der Waals surface area contributed by atoms with Crippen molar-refractivity contribution < 1.29 is 14.0 Å². The molecular weight excluding hydrogens is 345 g/mol. The number of carbonyl (C=O) groups excluding carboxylic acids is 2. The second-order valence-corrected chi connectivity index (χ2v) is 6.77. The van der Waals surface area contributed by atoms with Gasteiger partial charge in [-0.1, -0.05) is 12.1 Å². The fourth-order valence-electron chi connectivity index (χ4n) is 3.14. The summed E-state index contributed by atoms with van der Waals surface area (Å²) in [5, 5.41) is 5.92. The van der Waals surface area contributed by atoms with Crippen molar-refractivity contribution in [2.45, 2.75) is 25.8 Å². The van der Waals surface area contributed by atoms with E-state index >= 15 is 0 Å². The van der Waals surface area contributed by atoms with Crippen molar-refractivity contribution in [3.05, 3.63) is 65.5 Å². The minimum atomic E-state index is -0.300. The van der Waals surface area contributed by atoms with Crippen LogP contribution in [-0.4, -0.2) is 36.3 Å². The van der Waals surface area contributed by atoms with E-state index in [1.807, 2.05) is 11.8 Å². The van der Waals surface area contributed by atoms with Gasteiger partial charge in [0.05, 0.1) is 12.6 Å². The molecule has 1 unspecified atom stereocenters. The molecule has 0 bridgehead atoms. The molecular formula is C21H24FN3O2. The van der Waals surface area contributed by atoms with Gasteiger partial charge >= 0.3 is 0 Å². The smallest absolute Gasteiger partial charge is 0.253 e. The summed E-state index contributed by atoms with van der Waals surface area (Å²) in [5.41, 5.74) is 2.28. The Morgan fingerprint density at radius 3 is 2.30 bits per heavy atom. The third kappa shape index (κ3) is 5.06. The van der Waals surface area contributed by atoms with Crippen LogP contribution < -0.4 is 10.6 Å². The number of benzene rings is 2. The normalized spacial score (nSPS) is 14.7. The van der Waals surface area contributed by atoms with Gasteiger partial charge in [0.1, 0.15) is 5.82 Å². The molecule has 6 heteroatoms. The molecule has 0 spiro atoms. The van der Waals surface area contributed by atoms with Crippen LogP contribution in [0.25, 0.3) is 0 Å². The largest absolute Gasteiger partial charge is 0.376 e. The van der Waals surface area contributed by atoms with Crippen LogP contribution in [0.4, 0.5) is 10.1 Å². The fourth-order valence-corrected chi connectivity index (χ4v) is 3.14. The highest BCUT2D eigenvalue weighted by atomic mass is 19.1. The van der Waals surface area contributed by atoms with Crippen LogP contribution in [0.5, 0.6) is 0 Å². The summed E-state index contributed by atoms with van der Waals surface area (Å²) in [6.45, 7) is 3.62. The molecule has 0 saturated carbocycles. The molecule has 1 atom stereocenters. The first-order chi connectivity index (χ1) is 13.0. The molecule has 3 rings (SSSR count). The fraction of sp³-hybridized carbons (Fsp3) is 0.333. The first-order valence-corrected chi connectivity index (χ1v) is 9.21. The van der Waals surface area contributed by atoms with Gasteiger partial charge in [0.25, 0.3) is 5.91 Å². The SMILES string of the molecule is CC(NC(=O)CNc1ccc(C(=O)N2CCCC2)cc1)c1ccc(F)cc1. The van der Waals surface area contributed by atoms with E-state index in [9.17, 15) is 14.0 Å². The standard InChI is InChI=1S/C21H24FN3O2/c1-15(16-4-8-18(22)9-5-16)24-20(26)14-23-19-10-6-17(7-11-19)21(27)25-12-2-3-13-25/h4-11,15,23H,2-3,12-14H2,1H3,(H,24,26). The monoisotopic (exact) mass is 369 g/mol. The van der Waals surface area contributed by atoms with Gasteiger partial charge in [0.15, 0.2) is 0 Å². The zero-order chi connectivity index (χ0) is 19.2. The van der Waals surface area contributed by atoms with Crippen molar-refractivity contribution in [1.29, 1.82) is 0 Å². The van der Waals surface area contributed by atoms with E-state index in [1.54, 1.807) is 36.4 Å². The molecule has 0 aromatic heterocycles. The van der Waals surface area contributed by atoms with Crippen LogP contribution in [0.1, 0.15) is 41.7 Å². The van der Waals surface area contributed by atoms with Crippen LogP contribution in [0.2, 0.25) is 0 Å². The summed E-state index contributed by atoms with van der Waals surface area (Å²) in [6, 6.07) is 13.0. The summed E-state index contributed by atoms with van der Waals surface area (Å²) in [7, 11) is 0. The Morgan fingerprint density at radius 1 is 1.04 bits per heavy atom. The van der Waals surface area contributed by atoms with Gasteiger partial charge < -0.3 is 15.5 Å². The van der Waals surface area contributed by atoms with Crippen LogP contribution in [0.3, 0.4) is 0 Å². The summed E-state index contributed by atoms with van der Waals surface area (Å²) in [4.78, 5) is 26.3.